The molecule has 0 saturated carbocycles. The molecule has 4 nitrogen and oxygen atoms in total. The Kier molecular flexibility index (Phi) is 7.69. The molecule has 0 saturated heterocycles. The second-order valence-corrected chi connectivity index (χ2v) is 6.07. The summed E-state index contributed by atoms with van der Waals surface area (Å²) in [4.78, 5) is 26.2. The van der Waals surface area contributed by atoms with Crippen molar-refractivity contribution in [1.29, 1.82) is 0 Å². The van der Waals surface area contributed by atoms with Crippen LogP contribution >= 0.6 is 27.7 Å². The van der Waals surface area contributed by atoms with Crippen molar-refractivity contribution in [3.05, 3.63) is 28.7 Å². The molecule has 2 amide bonds. The maximum absolute atomic E-state index is 12.1. The third-order valence-electron chi connectivity index (χ3n) is 2.62. The number of amides is 2. The van der Waals surface area contributed by atoms with Crippen molar-refractivity contribution in [2.75, 3.05) is 25.4 Å². The second kappa shape index (κ2) is 9.02. The van der Waals surface area contributed by atoms with Gasteiger partial charge >= 0.3 is 0 Å². The predicted molar refractivity (Wildman–Crippen MR) is 85.8 cm³/mol. The van der Waals surface area contributed by atoms with Gasteiger partial charge in [0.25, 0.3) is 0 Å². The summed E-state index contributed by atoms with van der Waals surface area (Å²) in [5, 5.41) is 2.70. The molecule has 0 bridgehead atoms. The number of hydrogen-bond acceptors (Lipinski definition) is 3. The molecule has 0 fully saturated rings. The summed E-state index contributed by atoms with van der Waals surface area (Å²) < 4.78 is 1.01. The second-order valence-electron chi connectivity index (χ2n) is 4.10. The van der Waals surface area contributed by atoms with Gasteiger partial charge in [-0.2, -0.15) is 0 Å². The number of carbonyl (C=O) groups is 2. The molecule has 1 N–H and O–H groups in total. The van der Waals surface area contributed by atoms with Crippen molar-refractivity contribution in [3.63, 3.8) is 0 Å². The van der Waals surface area contributed by atoms with Crippen molar-refractivity contribution in [1.82, 2.24) is 10.2 Å². The Hall–Kier alpha value is -1.01. The van der Waals surface area contributed by atoms with E-state index in [1.54, 1.807) is 4.90 Å². The first kappa shape index (κ1) is 17.0. The van der Waals surface area contributed by atoms with Gasteiger partial charge in [-0.3, -0.25) is 9.59 Å². The van der Waals surface area contributed by atoms with Crippen molar-refractivity contribution in [2.45, 2.75) is 18.7 Å². The van der Waals surface area contributed by atoms with Crippen LogP contribution in [0.15, 0.2) is 33.6 Å². The lowest BCUT2D eigenvalue weighted by molar-refractivity contribution is -0.133. The van der Waals surface area contributed by atoms with E-state index < -0.39 is 0 Å². The summed E-state index contributed by atoms with van der Waals surface area (Å²) >= 11 is 4.85. The van der Waals surface area contributed by atoms with E-state index in [0.29, 0.717) is 18.8 Å². The van der Waals surface area contributed by atoms with Crippen LogP contribution in [-0.2, 0) is 9.59 Å². The average Bonchev–Trinajstić information content (AvgIpc) is 2.44. The van der Waals surface area contributed by atoms with E-state index in [1.807, 2.05) is 38.1 Å². The molecule has 0 aliphatic heterocycles. The standard InChI is InChI=1S/C14H19BrN2O2S/c1-3-16-13(18)9-17(4-2)14(19)10-20-12-7-5-11(15)6-8-12/h5-8H,3-4,9-10H2,1-2H3,(H,16,18). The van der Waals surface area contributed by atoms with Crippen LogP contribution in [0, 0.1) is 0 Å². The highest BCUT2D eigenvalue weighted by Crippen LogP contribution is 2.20. The van der Waals surface area contributed by atoms with Crippen molar-refractivity contribution in [2.24, 2.45) is 0 Å². The lowest BCUT2D eigenvalue weighted by Crippen LogP contribution is -2.41. The van der Waals surface area contributed by atoms with Gasteiger partial charge in [0.2, 0.25) is 11.8 Å². The Labute approximate surface area is 132 Å². The summed E-state index contributed by atoms with van der Waals surface area (Å²) in [6, 6.07) is 7.81. The number of thioether (sulfide) groups is 1. The highest BCUT2D eigenvalue weighted by molar-refractivity contribution is 9.10. The first-order valence-corrected chi connectivity index (χ1v) is 8.27. The van der Waals surface area contributed by atoms with E-state index in [9.17, 15) is 9.59 Å². The van der Waals surface area contributed by atoms with E-state index in [0.717, 1.165) is 9.37 Å². The molecule has 0 aliphatic carbocycles. The minimum absolute atomic E-state index is 0.0216. The number of carbonyl (C=O) groups excluding carboxylic acids is 2. The molecular weight excluding hydrogens is 340 g/mol. The van der Waals surface area contributed by atoms with Crippen LogP contribution in [0.4, 0.5) is 0 Å². The van der Waals surface area contributed by atoms with E-state index in [4.69, 9.17) is 0 Å². The molecule has 0 atom stereocenters. The summed E-state index contributed by atoms with van der Waals surface area (Å²) in [6.07, 6.45) is 0. The Morgan fingerprint density at radius 2 is 1.90 bits per heavy atom. The number of benzene rings is 1. The third-order valence-corrected chi connectivity index (χ3v) is 4.14. The monoisotopic (exact) mass is 358 g/mol. The Morgan fingerprint density at radius 3 is 2.45 bits per heavy atom. The van der Waals surface area contributed by atoms with Gasteiger partial charge in [-0.1, -0.05) is 15.9 Å². The van der Waals surface area contributed by atoms with Gasteiger partial charge in [0.1, 0.15) is 0 Å². The minimum atomic E-state index is -0.114. The van der Waals surface area contributed by atoms with Gasteiger partial charge in [-0.15, -0.1) is 11.8 Å². The molecule has 1 rings (SSSR count). The van der Waals surface area contributed by atoms with E-state index in [2.05, 4.69) is 21.2 Å². The molecule has 0 aromatic heterocycles. The van der Waals surface area contributed by atoms with Crippen molar-refractivity contribution < 1.29 is 9.59 Å². The first-order chi connectivity index (χ1) is 9.56. The zero-order chi connectivity index (χ0) is 15.0. The summed E-state index contributed by atoms with van der Waals surface area (Å²) in [6.45, 7) is 4.99. The normalized spacial score (nSPS) is 10.2. The fourth-order valence-corrected chi connectivity index (χ4v) is 2.64. The summed E-state index contributed by atoms with van der Waals surface area (Å²) in [5.41, 5.74) is 0. The number of rotatable bonds is 7. The largest absolute Gasteiger partial charge is 0.355 e. The van der Waals surface area contributed by atoms with Crippen LogP contribution in [0.25, 0.3) is 0 Å². The first-order valence-electron chi connectivity index (χ1n) is 6.49. The Bertz CT molecular complexity index is 451. The van der Waals surface area contributed by atoms with Gasteiger partial charge in [-0.25, -0.2) is 0 Å². The lowest BCUT2D eigenvalue weighted by Gasteiger charge is -2.20. The van der Waals surface area contributed by atoms with E-state index in [-0.39, 0.29) is 18.4 Å². The molecule has 110 valence electrons. The van der Waals surface area contributed by atoms with Crippen LogP contribution in [0.2, 0.25) is 0 Å². The van der Waals surface area contributed by atoms with E-state index >= 15 is 0 Å². The van der Waals surface area contributed by atoms with Gasteiger partial charge < -0.3 is 10.2 Å². The van der Waals surface area contributed by atoms with Crippen molar-refractivity contribution in [3.8, 4) is 0 Å². The average molecular weight is 359 g/mol. The molecule has 0 aliphatic rings. The molecule has 0 spiro atoms. The van der Waals surface area contributed by atoms with Crippen LogP contribution in [-0.4, -0.2) is 42.1 Å². The zero-order valence-electron chi connectivity index (χ0n) is 11.7. The Morgan fingerprint density at radius 1 is 1.25 bits per heavy atom. The third kappa shape index (κ3) is 5.96. The van der Waals surface area contributed by atoms with Crippen molar-refractivity contribution >= 4 is 39.5 Å². The maximum Gasteiger partial charge on any atom is 0.239 e. The van der Waals surface area contributed by atoms with Gasteiger partial charge in [0, 0.05) is 22.5 Å². The number of hydrogen-bond donors (Lipinski definition) is 1. The Balaban J connectivity index is 2.46. The minimum Gasteiger partial charge on any atom is -0.355 e. The van der Waals surface area contributed by atoms with E-state index in [1.165, 1.54) is 11.8 Å². The topological polar surface area (TPSA) is 49.4 Å². The maximum atomic E-state index is 12.1. The number of nitrogens with one attached hydrogen (secondary N) is 1. The molecular formula is C14H19BrN2O2S. The van der Waals surface area contributed by atoms with Gasteiger partial charge in [0.05, 0.1) is 12.3 Å². The fraction of sp³-hybridized carbons (Fsp3) is 0.429. The molecule has 0 heterocycles. The number of nitrogens with zero attached hydrogens (tertiary/aromatic N) is 1. The molecule has 0 radical (unpaired) electrons. The predicted octanol–water partition coefficient (Wildman–Crippen LogP) is 2.53. The summed E-state index contributed by atoms with van der Waals surface area (Å²) in [7, 11) is 0. The molecule has 1 aromatic rings. The summed E-state index contributed by atoms with van der Waals surface area (Å²) in [5.74, 6) is 0.206. The highest BCUT2D eigenvalue weighted by atomic mass is 79.9. The zero-order valence-corrected chi connectivity index (χ0v) is 14.1. The van der Waals surface area contributed by atoms with Gasteiger partial charge in [-0.05, 0) is 38.1 Å². The fourth-order valence-electron chi connectivity index (χ4n) is 1.57. The molecule has 1 aromatic carbocycles. The van der Waals surface area contributed by atoms with Gasteiger partial charge in [0.15, 0.2) is 0 Å². The van der Waals surface area contributed by atoms with Crippen LogP contribution in [0.5, 0.6) is 0 Å². The molecule has 6 heteroatoms. The highest BCUT2D eigenvalue weighted by Gasteiger charge is 2.15. The molecule has 0 unspecified atom stereocenters. The number of likely N-dealkylation sites (N-methyl/N-ethyl adjacent to an activating group) is 2. The smallest absolute Gasteiger partial charge is 0.239 e. The van der Waals surface area contributed by atoms with Crippen LogP contribution in [0.1, 0.15) is 13.8 Å². The quantitative estimate of drug-likeness (QED) is 0.762. The lowest BCUT2D eigenvalue weighted by atomic mass is 10.4. The van der Waals surface area contributed by atoms with Crippen LogP contribution in [0.3, 0.4) is 0 Å². The number of halogens is 1. The molecule has 20 heavy (non-hydrogen) atoms. The SMILES string of the molecule is CCNC(=O)CN(CC)C(=O)CSc1ccc(Br)cc1. The van der Waals surface area contributed by atoms with Crippen LogP contribution < -0.4 is 5.32 Å².